The van der Waals surface area contributed by atoms with E-state index in [0.29, 0.717) is 11.8 Å². The van der Waals surface area contributed by atoms with Crippen LogP contribution in [0.15, 0.2) is 36.9 Å². The Bertz CT molecular complexity index is 455. The second-order valence-corrected chi connectivity index (χ2v) is 3.13. The zero-order valence-corrected chi connectivity index (χ0v) is 9.10. The molecule has 0 spiro atoms. The summed E-state index contributed by atoms with van der Waals surface area (Å²) in [5.41, 5.74) is 0.579. The second-order valence-electron chi connectivity index (χ2n) is 3.13. The largest absolute Gasteiger partial charge is 0.335 e. The Morgan fingerprint density at radius 1 is 1.24 bits per heavy atom. The summed E-state index contributed by atoms with van der Waals surface area (Å²) in [5.74, 6) is -0.800. The third kappa shape index (κ3) is 3.57. The van der Waals surface area contributed by atoms with Gasteiger partial charge in [-0.25, -0.2) is 0 Å². The summed E-state index contributed by atoms with van der Waals surface area (Å²) in [4.78, 5) is 33.2. The van der Waals surface area contributed by atoms with Crippen LogP contribution in [0, 0.1) is 0 Å². The molecule has 2 N–H and O–H groups in total. The van der Waals surface area contributed by atoms with E-state index in [4.69, 9.17) is 0 Å². The summed E-state index contributed by atoms with van der Waals surface area (Å²) >= 11 is 0. The summed E-state index contributed by atoms with van der Waals surface area (Å²) in [5, 5.41) is 4.85. The number of benzene rings is 1. The lowest BCUT2D eigenvalue weighted by atomic mass is 10.1. The molecule has 0 bridgehead atoms. The quantitative estimate of drug-likeness (QED) is 0.440. The average molecular weight is 232 g/mol. The monoisotopic (exact) mass is 232 g/mol. The first-order valence-electron chi connectivity index (χ1n) is 4.91. The van der Waals surface area contributed by atoms with E-state index in [1.807, 2.05) is 0 Å². The van der Waals surface area contributed by atoms with Crippen LogP contribution in [-0.4, -0.2) is 24.8 Å². The number of aldehydes is 1. The smallest absolute Gasteiger partial charge is 0.253 e. The standard InChI is InChI=1S/C12H12N2O3/c1-2-11(16)13-8-14-12(17)10-6-4-3-5-9(10)7-15/h2-7H,1,8H2,(H,13,16)(H,14,17). The molecule has 5 heteroatoms. The molecule has 1 aromatic rings. The molecule has 0 saturated heterocycles. The van der Waals surface area contributed by atoms with Gasteiger partial charge in [-0.1, -0.05) is 24.8 Å². The molecule has 0 aliphatic rings. The Hall–Kier alpha value is -2.43. The zero-order valence-electron chi connectivity index (χ0n) is 9.10. The SMILES string of the molecule is C=CC(=O)NCNC(=O)c1ccccc1C=O. The van der Waals surface area contributed by atoms with Crippen molar-refractivity contribution in [3.8, 4) is 0 Å². The first-order chi connectivity index (χ1) is 8.19. The van der Waals surface area contributed by atoms with Crippen LogP contribution in [0.25, 0.3) is 0 Å². The molecule has 0 atom stereocenters. The van der Waals surface area contributed by atoms with Gasteiger partial charge in [0.05, 0.1) is 6.67 Å². The van der Waals surface area contributed by atoms with Gasteiger partial charge in [-0.05, 0) is 12.1 Å². The fraction of sp³-hybridized carbons (Fsp3) is 0.0833. The lowest BCUT2D eigenvalue weighted by Crippen LogP contribution is -2.36. The van der Waals surface area contributed by atoms with E-state index in [0.717, 1.165) is 6.08 Å². The molecule has 0 fully saturated rings. The third-order valence-electron chi connectivity index (χ3n) is 2.03. The minimum absolute atomic E-state index is 0.0170. The number of amides is 2. The van der Waals surface area contributed by atoms with E-state index < -0.39 is 5.91 Å². The van der Waals surface area contributed by atoms with Crippen molar-refractivity contribution in [2.75, 3.05) is 6.67 Å². The van der Waals surface area contributed by atoms with Gasteiger partial charge in [0.2, 0.25) is 5.91 Å². The molecule has 0 unspecified atom stereocenters. The van der Waals surface area contributed by atoms with Crippen LogP contribution in [-0.2, 0) is 4.79 Å². The molecule has 0 radical (unpaired) electrons. The Balaban J connectivity index is 2.61. The number of hydrogen-bond acceptors (Lipinski definition) is 3. The fourth-order valence-corrected chi connectivity index (χ4v) is 1.19. The van der Waals surface area contributed by atoms with Gasteiger partial charge in [0.1, 0.15) is 0 Å². The lowest BCUT2D eigenvalue weighted by Gasteiger charge is -2.07. The van der Waals surface area contributed by atoms with Crippen molar-refractivity contribution in [3.63, 3.8) is 0 Å². The van der Waals surface area contributed by atoms with Gasteiger partial charge >= 0.3 is 0 Å². The number of carbonyl (C=O) groups excluding carboxylic acids is 3. The number of carbonyl (C=O) groups is 3. The van der Waals surface area contributed by atoms with Gasteiger partial charge in [0, 0.05) is 11.1 Å². The molecule has 0 aliphatic heterocycles. The van der Waals surface area contributed by atoms with Crippen molar-refractivity contribution in [1.29, 1.82) is 0 Å². The maximum Gasteiger partial charge on any atom is 0.253 e. The highest BCUT2D eigenvalue weighted by Crippen LogP contribution is 2.05. The van der Waals surface area contributed by atoms with Gasteiger partial charge in [0.25, 0.3) is 5.91 Å². The van der Waals surface area contributed by atoms with Crippen LogP contribution in [0.1, 0.15) is 20.7 Å². The molecule has 5 nitrogen and oxygen atoms in total. The van der Waals surface area contributed by atoms with Gasteiger partial charge < -0.3 is 10.6 Å². The average Bonchev–Trinajstić information content (AvgIpc) is 2.38. The summed E-state index contributed by atoms with van der Waals surface area (Å²) < 4.78 is 0. The van der Waals surface area contributed by atoms with Crippen LogP contribution >= 0.6 is 0 Å². The summed E-state index contributed by atoms with van der Waals surface area (Å²) in [6, 6.07) is 6.41. The third-order valence-corrected chi connectivity index (χ3v) is 2.03. The van der Waals surface area contributed by atoms with Crippen molar-refractivity contribution in [3.05, 3.63) is 48.0 Å². The maximum atomic E-state index is 11.6. The molecule has 0 heterocycles. The second kappa shape index (κ2) is 6.22. The Kier molecular flexibility index (Phi) is 4.62. The van der Waals surface area contributed by atoms with Crippen molar-refractivity contribution < 1.29 is 14.4 Å². The molecule has 17 heavy (non-hydrogen) atoms. The molecular formula is C12H12N2O3. The van der Waals surface area contributed by atoms with Crippen LogP contribution < -0.4 is 10.6 Å². The predicted molar refractivity (Wildman–Crippen MR) is 62.5 cm³/mol. The van der Waals surface area contributed by atoms with Crippen molar-refractivity contribution in [2.24, 2.45) is 0 Å². The molecule has 0 aromatic heterocycles. The number of nitrogens with one attached hydrogen (secondary N) is 2. The fourth-order valence-electron chi connectivity index (χ4n) is 1.19. The Labute approximate surface area is 98.5 Å². The Morgan fingerprint density at radius 2 is 1.94 bits per heavy atom. The molecule has 1 rings (SSSR count). The number of rotatable bonds is 5. The van der Waals surface area contributed by atoms with Crippen LogP contribution in [0.5, 0.6) is 0 Å². The molecule has 2 amide bonds. The van der Waals surface area contributed by atoms with Gasteiger partial charge in [-0.2, -0.15) is 0 Å². The van der Waals surface area contributed by atoms with E-state index in [2.05, 4.69) is 17.2 Å². The predicted octanol–water partition coefficient (Wildman–Crippen LogP) is 0.489. The minimum atomic E-state index is -0.419. The Morgan fingerprint density at radius 3 is 2.59 bits per heavy atom. The van der Waals surface area contributed by atoms with Crippen molar-refractivity contribution in [2.45, 2.75) is 0 Å². The molecule has 0 aliphatic carbocycles. The molecule has 88 valence electrons. The minimum Gasteiger partial charge on any atom is -0.335 e. The van der Waals surface area contributed by atoms with Gasteiger partial charge in [-0.3, -0.25) is 14.4 Å². The van der Waals surface area contributed by atoms with Gasteiger partial charge in [-0.15, -0.1) is 0 Å². The highest BCUT2D eigenvalue weighted by Gasteiger charge is 2.09. The van der Waals surface area contributed by atoms with Crippen molar-refractivity contribution in [1.82, 2.24) is 10.6 Å². The molecule has 1 aromatic carbocycles. The van der Waals surface area contributed by atoms with Crippen LogP contribution in [0.4, 0.5) is 0 Å². The maximum absolute atomic E-state index is 11.6. The number of hydrogen-bond donors (Lipinski definition) is 2. The topological polar surface area (TPSA) is 75.3 Å². The summed E-state index contributed by atoms with van der Waals surface area (Å²) in [7, 11) is 0. The van der Waals surface area contributed by atoms with E-state index in [1.54, 1.807) is 18.2 Å². The summed E-state index contributed by atoms with van der Waals surface area (Å²) in [6.45, 7) is 3.26. The molecular weight excluding hydrogens is 220 g/mol. The van der Waals surface area contributed by atoms with E-state index in [-0.39, 0.29) is 18.1 Å². The van der Waals surface area contributed by atoms with Crippen LogP contribution in [0.2, 0.25) is 0 Å². The van der Waals surface area contributed by atoms with E-state index in [9.17, 15) is 14.4 Å². The zero-order chi connectivity index (χ0) is 12.7. The van der Waals surface area contributed by atoms with E-state index in [1.165, 1.54) is 6.07 Å². The summed E-state index contributed by atoms with van der Waals surface area (Å²) in [6.07, 6.45) is 1.71. The molecule has 0 saturated carbocycles. The first kappa shape index (κ1) is 12.6. The van der Waals surface area contributed by atoms with Crippen LogP contribution in [0.3, 0.4) is 0 Å². The van der Waals surface area contributed by atoms with Gasteiger partial charge in [0.15, 0.2) is 6.29 Å². The lowest BCUT2D eigenvalue weighted by molar-refractivity contribution is -0.116. The normalized spacial score (nSPS) is 9.18. The van der Waals surface area contributed by atoms with Crippen molar-refractivity contribution >= 4 is 18.1 Å². The van der Waals surface area contributed by atoms with E-state index >= 15 is 0 Å². The first-order valence-corrected chi connectivity index (χ1v) is 4.91. The highest BCUT2D eigenvalue weighted by atomic mass is 16.2. The highest BCUT2D eigenvalue weighted by molar-refractivity contribution is 6.01.